The minimum Gasteiger partial charge on any atom is -0.465 e. The molecule has 3 rings (SSSR count). The fraction of sp³-hybridized carbons (Fsp3) is 0.150. The third-order valence-corrected chi connectivity index (χ3v) is 3.74. The molecule has 1 aliphatic heterocycles. The van der Waals surface area contributed by atoms with E-state index in [4.69, 9.17) is 4.74 Å². The first-order chi connectivity index (χ1) is 11.7. The highest BCUT2D eigenvalue weighted by atomic mass is 16.5. The molecule has 0 saturated carbocycles. The smallest absolute Gasteiger partial charge is 0.323 e. The monoisotopic (exact) mass is 319 g/mol. The number of allylic oxidation sites excluding steroid dienone is 1. The summed E-state index contributed by atoms with van der Waals surface area (Å²) in [6, 6.07) is 18.7. The predicted molar refractivity (Wildman–Crippen MR) is 92.5 cm³/mol. The van der Waals surface area contributed by atoms with Gasteiger partial charge in [-0.05, 0) is 12.5 Å². The molecule has 0 N–H and O–H groups in total. The Morgan fingerprint density at radius 2 is 1.58 bits per heavy atom. The summed E-state index contributed by atoms with van der Waals surface area (Å²) in [5, 5.41) is 0. The van der Waals surface area contributed by atoms with Crippen LogP contribution in [0.25, 0.3) is 5.70 Å². The van der Waals surface area contributed by atoms with Crippen LogP contribution < -0.4 is 0 Å². The molecule has 1 atom stereocenters. The van der Waals surface area contributed by atoms with Gasteiger partial charge in [0.1, 0.15) is 0 Å². The SMILES string of the molecule is CCOC(=O)C1C(=O)C=C(c2ccccc2)N=C1c1ccccc1. The number of hydrogen-bond donors (Lipinski definition) is 0. The van der Waals surface area contributed by atoms with Crippen molar-refractivity contribution in [2.45, 2.75) is 6.92 Å². The minimum absolute atomic E-state index is 0.222. The third kappa shape index (κ3) is 3.18. The number of nitrogens with zero attached hydrogens (tertiary/aromatic N) is 1. The second-order valence-corrected chi connectivity index (χ2v) is 5.35. The zero-order valence-corrected chi connectivity index (χ0v) is 13.3. The molecule has 1 aliphatic rings. The first-order valence-electron chi connectivity index (χ1n) is 7.82. The van der Waals surface area contributed by atoms with Crippen molar-refractivity contribution in [3.63, 3.8) is 0 Å². The van der Waals surface area contributed by atoms with Gasteiger partial charge in [-0.3, -0.25) is 14.6 Å². The average Bonchev–Trinajstić information content (AvgIpc) is 2.62. The van der Waals surface area contributed by atoms with Crippen molar-refractivity contribution in [3.8, 4) is 0 Å². The molecule has 0 aromatic heterocycles. The van der Waals surface area contributed by atoms with Crippen molar-refractivity contribution in [1.82, 2.24) is 0 Å². The summed E-state index contributed by atoms with van der Waals surface area (Å²) in [6.45, 7) is 1.94. The summed E-state index contributed by atoms with van der Waals surface area (Å²) in [6.07, 6.45) is 1.42. The molecule has 0 fully saturated rings. The van der Waals surface area contributed by atoms with Gasteiger partial charge in [0.2, 0.25) is 0 Å². The lowest BCUT2D eigenvalue weighted by Crippen LogP contribution is -2.35. The lowest BCUT2D eigenvalue weighted by atomic mass is 9.89. The van der Waals surface area contributed by atoms with Gasteiger partial charge in [-0.15, -0.1) is 0 Å². The molecular weight excluding hydrogens is 302 g/mol. The molecule has 4 nitrogen and oxygen atoms in total. The second kappa shape index (κ2) is 7.04. The van der Waals surface area contributed by atoms with Crippen LogP contribution in [-0.2, 0) is 14.3 Å². The van der Waals surface area contributed by atoms with E-state index < -0.39 is 11.9 Å². The maximum absolute atomic E-state index is 12.6. The van der Waals surface area contributed by atoms with Crippen LogP contribution in [0.5, 0.6) is 0 Å². The Labute approximate surface area is 140 Å². The zero-order chi connectivity index (χ0) is 16.9. The first kappa shape index (κ1) is 15.9. The van der Waals surface area contributed by atoms with Crippen molar-refractivity contribution >= 4 is 23.2 Å². The van der Waals surface area contributed by atoms with E-state index in [9.17, 15) is 9.59 Å². The van der Waals surface area contributed by atoms with Crippen molar-refractivity contribution < 1.29 is 14.3 Å². The summed E-state index contributed by atoms with van der Waals surface area (Å²) in [7, 11) is 0. The fourth-order valence-corrected chi connectivity index (χ4v) is 2.63. The summed E-state index contributed by atoms with van der Waals surface area (Å²) in [4.78, 5) is 29.5. The van der Waals surface area contributed by atoms with Crippen LogP contribution in [-0.4, -0.2) is 24.1 Å². The van der Waals surface area contributed by atoms with E-state index in [-0.39, 0.29) is 12.4 Å². The van der Waals surface area contributed by atoms with Gasteiger partial charge in [-0.1, -0.05) is 60.7 Å². The largest absolute Gasteiger partial charge is 0.465 e. The summed E-state index contributed by atoms with van der Waals surface area (Å²) < 4.78 is 5.07. The van der Waals surface area contributed by atoms with E-state index in [0.717, 1.165) is 11.1 Å². The van der Waals surface area contributed by atoms with Gasteiger partial charge in [0.05, 0.1) is 18.0 Å². The molecule has 0 amide bonds. The lowest BCUT2D eigenvalue weighted by Gasteiger charge is -2.20. The molecule has 0 spiro atoms. The van der Waals surface area contributed by atoms with E-state index in [1.165, 1.54) is 6.08 Å². The van der Waals surface area contributed by atoms with E-state index >= 15 is 0 Å². The molecule has 2 aromatic rings. The number of hydrogen-bond acceptors (Lipinski definition) is 4. The van der Waals surface area contributed by atoms with E-state index in [0.29, 0.717) is 11.4 Å². The Morgan fingerprint density at radius 3 is 2.17 bits per heavy atom. The van der Waals surface area contributed by atoms with Gasteiger partial charge >= 0.3 is 5.97 Å². The topological polar surface area (TPSA) is 55.7 Å². The Morgan fingerprint density at radius 1 is 1.00 bits per heavy atom. The number of ether oxygens (including phenoxy) is 1. The molecule has 1 unspecified atom stereocenters. The number of aliphatic imine (C=N–C) groups is 1. The summed E-state index contributed by atoms with van der Waals surface area (Å²) in [5.41, 5.74) is 2.56. The number of rotatable bonds is 4. The van der Waals surface area contributed by atoms with Crippen LogP contribution in [0.3, 0.4) is 0 Å². The number of carbonyl (C=O) groups excluding carboxylic acids is 2. The van der Waals surface area contributed by atoms with Crippen LogP contribution >= 0.6 is 0 Å². The molecule has 120 valence electrons. The summed E-state index contributed by atoms with van der Waals surface area (Å²) in [5.74, 6) is -1.88. The van der Waals surface area contributed by atoms with Crippen molar-refractivity contribution in [3.05, 3.63) is 77.9 Å². The Balaban J connectivity index is 2.08. The maximum atomic E-state index is 12.6. The maximum Gasteiger partial charge on any atom is 0.323 e. The normalized spacial score (nSPS) is 17.0. The number of carbonyl (C=O) groups is 2. The number of ketones is 1. The van der Waals surface area contributed by atoms with E-state index in [1.807, 2.05) is 60.7 Å². The van der Waals surface area contributed by atoms with Gasteiger partial charge in [0, 0.05) is 11.6 Å². The number of esters is 1. The molecule has 0 aliphatic carbocycles. The molecule has 0 radical (unpaired) electrons. The predicted octanol–water partition coefficient (Wildman–Crippen LogP) is 3.28. The van der Waals surface area contributed by atoms with E-state index in [2.05, 4.69) is 4.99 Å². The molecule has 4 heteroatoms. The lowest BCUT2D eigenvalue weighted by molar-refractivity contribution is -0.147. The van der Waals surface area contributed by atoms with Crippen molar-refractivity contribution in [2.75, 3.05) is 6.61 Å². The van der Waals surface area contributed by atoms with Crippen LogP contribution in [0.2, 0.25) is 0 Å². The van der Waals surface area contributed by atoms with Crippen LogP contribution in [0.4, 0.5) is 0 Å². The summed E-state index contributed by atoms with van der Waals surface area (Å²) >= 11 is 0. The van der Waals surface area contributed by atoms with Crippen molar-refractivity contribution in [1.29, 1.82) is 0 Å². The van der Waals surface area contributed by atoms with Gasteiger partial charge in [0.25, 0.3) is 0 Å². The van der Waals surface area contributed by atoms with Crippen LogP contribution in [0.1, 0.15) is 18.1 Å². The first-order valence-corrected chi connectivity index (χ1v) is 7.82. The molecular formula is C20H17NO3. The Bertz CT molecular complexity index is 807. The highest BCUT2D eigenvalue weighted by molar-refractivity contribution is 6.30. The van der Waals surface area contributed by atoms with Crippen LogP contribution in [0.15, 0.2) is 71.7 Å². The molecule has 24 heavy (non-hydrogen) atoms. The zero-order valence-electron chi connectivity index (χ0n) is 13.3. The van der Waals surface area contributed by atoms with Crippen molar-refractivity contribution in [2.24, 2.45) is 10.9 Å². The second-order valence-electron chi connectivity index (χ2n) is 5.35. The van der Waals surface area contributed by atoms with E-state index in [1.54, 1.807) is 6.92 Å². The molecule has 0 bridgehead atoms. The van der Waals surface area contributed by atoms with Gasteiger partial charge in [-0.25, -0.2) is 0 Å². The average molecular weight is 319 g/mol. The fourth-order valence-electron chi connectivity index (χ4n) is 2.63. The van der Waals surface area contributed by atoms with Crippen LogP contribution in [0, 0.1) is 5.92 Å². The Kier molecular flexibility index (Phi) is 4.66. The van der Waals surface area contributed by atoms with Gasteiger partial charge in [0.15, 0.2) is 11.7 Å². The highest BCUT2D eigenvalue weighted by Gasteiger charge is 2.35. The minimum atomic E-state index is -1.01. The highest BCUT2D eigenvalue weighted by Crippen LogP contribution is 2.26. The standard InChI is InChI=1S/C20H17NO3/c1-2-24-20(23)18-17(22)13-16(14-9-5-3-6-10-14)21-19(18)15-11-7-4-8-12-15/h3-13,18H,2H2,1H3. The molecule has 2 aromatic carbocycles. The van der Waals surface area contributed by atoms with Gasteiger partial charge < -0.3 is 4.74 Å². The third-order valence-electron chi connectivity index (χ3n) is 3.74. The molecule has 1 heterocycles. The van der Waals surface area contributed by atoms with Gasteiger partial charge in [-0.2, -0.15) is 0 Å². The Hall–Kier alpha value is -3.01. The quantitative estimate of drug-likeness (QED) is 0.642. The molecule has 0 saturated heterocycles. The number of benzene rings is 2.